The highest BCUT2D eigenvalue weighted by molar-refractivity contribution is 5.32. The molecule has 0 atom stereocenters. The minimum Gasteiger partial charge on any atom is -0.508 e. The number of para-hydroxylation sites is 1. The molecule has 3 rings (SSSR count). The fourth-order valence-electron chi connectivity index (χ4n) is 2.29. The lowest BCUT2D eigenvalue weighted by Crippen LogP contribution is -1.99. The molecule has 0 saturated carbocycles. The second-order valence-corrected chi connectivity index (χ2v) is 5.02. The van der Waals surface area contributed by atoms with Crippen LogP contribution in [0.2, 0.25) is 0 Å². The lowest BCUT2D eigenvalue weighted by atomic mass is 10.1. The smallest absolute Gasteiger partial charge is 0.118 e. The maximum atomic E-state index is 9.75. The molecule has 0 unspecified atom stereocenters. The van der Waals surface area contributed by atoms with Gasteiger partial charge in [-0.3, -0.25) is 0 Å². The Labute approximate surface area is 123 Å². The van der Waals surface area contributed by atoms with Crippen molar-refractivity contribution in [2.75, 3.05) is 0 Å². The summed E-state index contributed by atoms with van der Waals surface area (Å²) in [5.74, 6) is 0.342. The number of phenolic OH excluding ortho intramolecular Hbond substituents is 1. The molecule has 106 valence electrons. The Kier molecular flexibility index (Phi) is 3.96. The van der Waals surface area contributed by atoms with Gasteiger partial charge in [0.1, 0.15) is 5.75 Å². The lowest BCUT2D eigenvalue weighted by Gasteiger charge is -2.02. The molecule has 0 bridgehead atoms. The summed E-state index contributed by atoms with van der Waals surface area (Å²) < 4.78 is 1.84. The number of aryl methyl sites for hydroxylation is 2. The Morgan fingerprint density at radius 1 is 0.905 bits per heavy atom. The van der Waals surface area contributed by atoms with Gasteiger partial charge in [-0.1, -0.05) is 53.7 Å². The van der Waals surface area contributed by atoms with E-state index in [1.54, 1.807) is 6.07 Å². The van der Waals surface area contributed by atoms with E-state index in [-0.39, 0.29) is 0 Å². The van der Waals surface area contributed by atoms with Gasteiger partial charge in [0, 0.05) is 6.20 Å². The topological polar surface area (TPSA) is 50.9 Å². The molecular formula is C17H17N3O. The maximum Gasteiger partial charge on any atom is 0.118 e. The molecule has 3 aromatic rings. The number of benzene rings is 2. The van der Waals surface area contributed by atoms with Crippen molar-refractivity contribution in [3.8, 4) is 5.75 Å². The molecule has 0 spiro atoms. The molecule has 4 nitrogen and oxygen atoms in total. The van der Waals surface area contributed by atoms with Gasteiger partial charge in [-0.2, -0.15) is 0 Å². The molecule has 0 radical (unpaired) electrons. The van der Waals surface area contributed by atoms with Crippen LogP contribution in [0, 0.1) is 0 Å². The third kappa shape index (κ3) is 3.48. The number of aromatic nitrogens is 3. The van der Waals surface area contributed by atoms with Crippen LogP contribution in [0.5, 0.6) is 5.75 Å². The van der Waals surface area contributed by atoms with E-state index in [4.69, 9.17) is 0 Å². The first-order valence-electron chi connectivity index (χ1n) is 7.01. The number of phenols is 1. The second-order valence-electron chi connectivity index (χ2n) is 5.02. The van der Waals surface area contributed by atoms with Gasteiger partial charge in [0.15, 0.2) is 0 Å². The average molecular weight is 279 g/mol. The van der Waals surface area contributed by atoms with E-state index in [1.807, 2.05) is 47.3 Å². The Bertz CT molecular complexity index is 707. The van der Waals surface area contributed by atoms with Crippen LogP contribution in [-0.2, 0) is 19.4 Å². The van der Waals surface area contributed by atoms with Crippen LogP contribution in [0.15, 0.2) is 60.8 Å². The first-order valence-corrected chi connectivity index (χ1v) is 7.01. The number of hydrogen-bond donors (Lipinski definition) is 1. The predicted octanol–water partition coefficient (Wildman–Crippen LogP) is 2.82. The highest BCUT2D eigenvalue weighted by atomic mass is 16.3. The summed E-state index contributed by atoms with van der Waals surface area (Å²) in [6, 6.07) is 17.6. The SMILES string of the molecule is Oc1ccccc1CCc1cn(Cc2ccccc2)nn1. The highest BCUT2D eigenvalue weighted by Gasteiger charge is 2.04. The first kappa shape index (κ1) is 13.4. The molecule has 0 aliphatic rings. The van der Waals surface area contributed by atoms with Crippen molar-refractivity contribution in [2.45, 2.75) is 19.4 Å². The Morgan fingerprint density at radius 3 is 2.48 bits per heavy atom. The van der Waals surface area contributed by atoms with Crippen LogP contribution in [0.25, 0.3) is 0 Å². The number of rotatable bonds is 5. The molecule has 1 aromatic heterocycles. The van der Waals surface area contributed by atoms with Crippen molar-refractivity contribution in [1.29, 1.82) is 0 Å². The normalized spacial score (nSPS) is 10.7. The predicted molar refractivity (Wildman–Crippen MR) is 81.1 cm³/mol. The molecule has 0 aliphatic heterocycles. The quantitative estimate of drug-likeness (QED) is 0.781. The average Bonchev–Trinajstić information content (AvgIpc) is 2.95. The molecule has 4 heteroatoms. The fraction of sp³-hybridized carbons (Fsp3) is 0.176. The van der Waals surface area contributed by atoms with Crippen molar-refractivity contribution < 1.29 is 5.11 Å². The van der Waals surface area contributed by atoms with Gasteiger partial charge >= 0.3 is 0 Å². The highest BCUT2D eigenvalue weighted by Crippen LogP contribution is 2.17. The Hall–Kier alpha value is -2.62. The Morgan fingerprint density at radius 2 is 1.67 bits per heavy atom. The summed E-state index contributed by atoms with van der Waals surface area (Å²) in [4.78, 5) is 0. The molecule has 2 aromatic carbocycles. The van der Waals surface area contributed by atoms with E-state index in [1.165, 1.54) is 5.56 Å². The first-order chi connectivity index (χ1) is 10.3. The van der Waals surface area contributed by atoms with Crippen LogP contribution in [0.1, 0.15) is 16.8 Å². The molecule has 0 fully saturated rings. The number of aromatic hydroxyl groups is 1. The van der Waals surface area contributed by atoms with E-state index in [2.05, 4.69) is 22.4 Å². The van der Waals surface area contributed by atoms with E-state index in [0.717, 1.165) is 30.6 Å². The standard InChI is InChI=1S/C17H17N3O/c21-17-9-5-4-8-15(17)10-11-16-13-20(19-18-16)12-14-6-2-1-3-7-14/h1-9,13,21H,10-12H2. The molecular weight excluding hydrogens is 262 g/mol. The van der Waals surface area contributed by atoms with Crippen LogP contribution >= 0.6 is 0 Å². The van der Waals surface area contributed by atoms with Gasteiger partial charge < -0.3 is 5.11 Å². The summed E-state index contributed by atoms with van der Waals surface area (Å²) in [7, 11) is 0. The molecule has 1 N–H and O–H groups in total. The van der Waals surface area contributed by atoms with Crippen molar-refractivity contribution in [1.82, 2.24) is 15.0 Å². The van der Waals surface area contributed by atoms with Crippen molar-refractivity contribution in [3.05, 3.63) is 77.6 Å². The van der Waals surface area contributed by atoms with Gasteiger partial charge in [-0.15, -0.1) is 5.10 Å². The largest absolute Gasteiger partial charge is 0.508 e. The zero-order valence-corrected chi connectivity index (χ0v) is 11.7. The second kappa shape index (κ2) is 6.22. The molecule has 0 amide bonds. The van der Waals surface area contributed by atoms with Gasteiger partial charge in [0.2, 0.25) is 0 Å². The van der Waals surface area contributed by atoms with E-state index < -0.39 is 0 Å². The number of hydrogen-bond acceptors (Lipinski definition) is 3. The third-order valence-corrected chi connectivity index (χ3v) is 3.42. The third-order valence-electron chi connectivity index (χ3n) is 3.42. The fourth-order valence-corrected chi connectivity index (χ4v) is 2.29. The summed E-state index contributed by atoms with van der Waals surface area (Å²) in [5, 5.41) is 18.1. The van der Waals surface area contributed by atoms with Crippen molar-refractivity contribution >= 4 is 0 Å². The van der Waals surface area contributed by atoms with Crippen molar-refractivity contribution in [2.24, 2.45) is 0 Å². The van der Waals surface area contributed by atoms with Crippen LogP contribution in [-0.4, -0.2) is 20.1 Å². The zero-order valence-electron chi connectivity index (χ0n) is 11.7. The minimum atomic E-state index is 0.342. The molecule has 1 heterocycles. The molecule has 21 heavy (non-hydrogen) atoms. The van der Waals surface area contributed by atoms with Gasteiger partial charge in [0.25, 0.3) is 0 Å². The zero-order chi connectivity index (χ0) is 14.5. The van der Waals surface area contributed by atoms with Crippen LogP contribution in [0.4, 0.5) is 0 Å². The summed E-state index contributed by atoms with van der Waals surface area (Å²) in [6.45, 7) is 0.727. The van der Waals surface area contributed by atoms with Gasteiger partial charge in [-0.25, -0.2) is 4.68 Å². The summed E-state index contributed by atoms with van der Waals surface area (Å²) in [6.07, 6.45) is 3.50. The van der Waals surface area contributed by atoms with Gasteiger partial charge in [-0.05, 0) is 30.0 Å². The van der Waals surface area contributed by atoms with Gasteiger partial charge in [0.05, 0.1) is 12.2 Å². The lowest BCUT2D eigenvalue weighted by molar-refractivity contribution is 0.468. The van der Waals surface area contributed by atoms with E-state index in [0.29, 0.717) is 5.75 Å². The molecule has 0 aliphatic carbocycles. The monoisotopic (exact) mass is 279 g/mol. The minimum absolute atomic E-state index is 0.342. The maximum absolute atomic E-state index is 9.75. The number of nitrogens with zero attached hydrogens (tertiary/aromatic N) is 3. The summed E-state index contributed by atoms with van der Waals surface area (Å²) in [5.41, 5.74) is 3.08. The van der Waals surface area contributed by atoms with E-state index in [9.17, 15) is 5.11 Å². The molecule has 0 saturated heterocycles. The van der Waals surface area contributed by atoms with Crippen LogP contribution < -0.4 is 0 Å². The summed E-state index contributed by atoms with van der Waals surface area (Å²) >= 11 is 0. The van der Waals surface area contributed by atoms with E-state index >= 15 is 0 Å². The Balaban J connectivity index is 1.62. The van der Waals surface area contributed by atoms with Crippen molar-refractivity contribution in [3.63, 3.8) is 0 Å². The van der Waals surface area contributed by atoms with Crippen LogP contribution in [0.3, 0.4) is 0 Å².